The molecule has 2 rings (SSSR count). The molecule has 0 heterocycles. The Morgan fingerprint density at radius 3 is 2.24 bits per heavy atom. The predicted octanol–water partition coefficient (Wildman–Crippen LogP) is 2.69. The van der Waals surface area contributed by atoms with E-state index in [1.54, 1.807) is 55.6 Å². The van der Waals surface area contributed by atoms with Crippen molar-refractivity contribution in [2.24, 2.45) is 0 Å². The lowest BCUT2D eigenvalue weighted by Gasteiger charge is -2.17. The van der Waals surface area contributed by atoms with Crippen molar-refractivity contribution in [3.8, 4) is 6.07 Å². The van der Waals surface area contributed by atoms with Crippen LogP contribution in [0.1, 0.15) is 23.1 Å². The number of benzene rings is 2. The number of carbonyl (C=O) groups excluding carboxylic acids is 1. The second kappa shape index (κ2) is 7.95. The van der Waals surface area contributed by atoms with Gasteiger partial charge in [-0.3, -0.25) is 4.79 Å². The molecular weight excluding hydrogens is 336 g/mol. The van der Waals surface area contributed by atoms with Crippen LogP contribution in [0.15, 0.2) is 53.4 Å². The molecule has 0 saturated carbocycles. The molecule has 0 saturated heterocycles. The summed E-state index contributed by atoms with van der Waals surface area (Å²) in [7, 11) is -1.83. The van der Waals surface area contributed by atoms with Gasteiger partial charge in [0.25, 0.3) is 0 Å². The van der Waals surface area contributed by atoms with E-state index in [0.29, 0.717) is 12.1 Å². The minimum absolute atomic E-state index is 0.0665. The van der Waals surface area contributed by atoms with Crippen LogP contribution in [0, 0.1) is 18.3 Å². The lowest BCUT2D eigenvalue weighted by Crippen LogP contribution is -2.28. The van der Waals surface area contributed by atoms with E-state index in [0.717, 1.165) is 11.1 Å². The maximum absolute atomic E-state index is 12.3. The molecule has 0 radical (unpaired) electrons. The zero-order valence-corrected chi connectivity index (χ0v) is 15.1. The van der Waals surface area contributed by atoms with Crippen LogP contribution in [-0.4, -0.2) is 32.0 Å². The van der Waals surface area contributed by atoms with Crippen molar-refractivity contribution in [3.63, 3.8) is 0 Å². The highest BCUT2D eigenvalue weighted by atomic mass is 32.2. The van der Waals surface area contributed by atoms with Gasteiger partial charge >= 0.3 is 0 Å². The number of amides is 1. The third kappa shape index (κ3) is 5.16. The molecule has 0 aliphatic heterocycles. The van der Waals surface area contributed by atoms with Gasteiger partial charge in [0.1, 0.15) is 0 Å². The average Bonchev–Trinajstić information content (AvgIpc) is 2.60. The SMILES string of the molecule is Cc1ccc(S(=O)(=O)CCC(=O)N(C)Cc2ccc(C#N)cc2)cc1. The molecule has 0 spiro atoms. The molecule has 0 bridgehead atoms. The van der Waals surface area contributed by atoms with Crippen molar-refractivity contribution >= 4 is 15.7 Å². The van der Waals surface area contributed by atoms with Gasteiger partial charge in [-0.2, -0.15) is 5.26 Å². The number of nitrogens with zero attached hydrogens (tertiary/aromatic N) is 2. The molecule has 5 nitrogen and oxygen atoms in total. The number of aryl methyl sites for hydroxylation is 1. The van der Waals surface area contributed by atoms with Gasteiger partial charge in [0.2, 0.25) is 5.91 Å². The maximum atomic E-state index is 12.3. The zero-order chi connectivity index (χ0) is 18.4. The van der Waals surface area contributed by atoms with E-state index in [-0.39, 0.29) is 23.0 Å². The molecule has 130 valence electrons. The van der Waals surface area contributed by atoms with E-state index < -0.39 is 9.84 Å². The minimum Gasteiger partial charge on any atom is -0.341 e. The first-order chi connectivity index (χ1) is 11.8. The third-order valence-electron chi connectivity index (χ3n) is 3.89. The molecule has 2 aromatic carbocycles. The van der Waals surface area contributed by atoms with Crippen molar-refractivity contribution in [3.05, 3.63) is 65.2 Å². The van der Waals surface area contributed by atoms with Crippen LogP contribution >= 0.6 is 0 Å². The first-order valence-electron chi connectivity index (χ1n) is 7.84. The van der Waals surface area contributed by atoms with Crippen LogP contribution in [0.25, 0.3) is 0 Å². The first-order valence-corrected chi connectivity index (χ1v) is 9.49. The van der Waals surface area contributed by atoms with Crippen molar-refractivity contribution in [1.29, 1.82) is 5.26 Å². The predicted molar refractivity (Wildman–Crippen MR) is 95.5 cm³/mol. The third-order valence-corrected chi connectivity index (χ3v) is 5.63. The number of nitriles is 1. The van der Waals surface area contributed by atoms with Crippen LogP contribution in [0.2, 0.25) is 0 Å². The second-order valence-corrected chi connectivity index (χ2v) is 8.05. The highest BCUT2D eigenvalue weighted by Crippen LogP contribution is 2.14. The van der Waals surface area contributed by atoms with Crippen LogP contribution in [-0.2, 0) is 21.2 Å². The molecule has 0 aliphatic rings. The van der Waals surface area contributed by atoms with Gasteiger partial charge in [-0.25, -0.2) is 8.42 Å². The van der Waals surface area contributed by atoms with Gasteiger partial charge in [0.15, 0.2) is 9.84 Å². The van der Waals surface area contributed by atoms with E-state index in [4.69, 9.17) is 5.26 Å². The molecule has 25 heavy (non-hydrogen) atoms. The normalized spacial score (nSPS) is 10.9. The first kappa shape index (κ1) is 18.7. The van der Waals surface area contributed by atoms with E-state index in [2.05, 4.69) is 0 Å². The molecule has 2 aromatic rings. The fraction of sp³-hybridized carbons (Fsp3) is 0.263. The van der Waals surface area contributed by atoms with E-state index in [1.165, 1.54) is 4.90 Å². The molecule has 0 unspecified atom stereocenters. The summed E-state index contributed by atoms with van der Waals surface area (Å²) in [6.07, 6.45) is -0.0665. The molecule has 0 fully saturated rings. The summed E-state index contributed by atoms with van der Waals surface area (Å²) in [5.74, 6) is -0.452. The Labute approximate surface area is 148 Å². The fourth-order valence-corrected chi connectivity index (χ4v) is 3.55. The van der Waals surface area contributed by atoms with Crippen molar-refractivity contribution in [1.82, 2.24) is 4.90 Å². The summed E-state index contributed by atoms with van der Waals surface area (Å²) in [4.78, 5) is 13.9. The summed E-state index contributed by atoms with van der Waals surface area (Å²) in [6, 6.07) is 15.6. The monoisotopic (exact) mass is 356 g/mol. The lowest BCUT2D eigenvalue weighted by atomic mass is 10.1. The van der Waals surface area contributed by atoms with Gasteiger partial charge < -0.3 is 4.90 Å². The quantitative estimate of drug-likeness (QED) is 0.797. The summed E-state index contributed by atoms with van der Waals surface area (Å²) in [6.45, 7) is 2.26. The van der Waals surface area contributed by atoms with E-state index in [1.807, 2.05) is 13.0 Å². The zero-order valence-electron chi connectivity index (χ0n) is 14.3. The van der Waals surface area contributed by atoms with E-state index >= 15 is 0 Å². The van der Waals surface area contributed by atoms with Crippen molar-refractivity contribution in [2.75, 3.05) is 12.8 Å². The Bertz CT molecular complexity index is 880. The standard InChI is InChI=1S/C19H20N2O3S/c1-15-3-9-18(10-4-15)25(23,24)12-11-19(22)21(2)14-17-7-5-16(13-20)6-8-17/h3-10H,11-12,14H2,1-2H3. The minimum atomic E-state index is -3.47. The Kier molecular flexibility index (Phi) is 5.94. The molecule has 0 aliphatic carbocycles. The maximum Gasteiger partial charge on any atom is 0.223 e. The second-order valence-electron chi connectivity index (χ2n) is 5.94. The Balaban J connectivity index is 1.94. The highest BCUT2D eigenvalue weighted by Gasteiger charge is 2.18. The number of hydrogen-bond donors (Lipinski definition) is 0. The molecule has 1 amide bonds. The van der Waals surface area contributed by atoms with Crippen LogP contribution in [0.5, 0.6) is 0 Å². The largest absolute Gasteiger partial charge is 0.341 e. The molecule has 6 heteroatoms. The number of sulfone groups is 1. The molecule has 0 atom stereocenters. The topological polar surface area (TPSA) is 78.2 Å². The summed E-state index contributed by atoms with van der Waals surface area (Å²) >= 11 is 0. The van der Waals surface area contributed by atoms with Gasteiger partial charge in [-0.05, 0) is 36.8 Å². The van der Waals surface area contributed by atoms with Gasteiger partial charge in [-0.15, -0.1) is 0 Å². The van der Waals surface area contributed by atoms with Gasteiger partial charge in [-0.1, -0.05) is 29.8 Å². The van der Waals surface area contributed by atoms with Crippen LogP contribution < -0.4 is 0 Å². The summed E-state index contributed by atoms with van der Waals surface area (Å²) in [5.41, 5.74) is 2.43. The van der Waals surface area contributed by atoms with Crippen molar-refractivity contribution < 1.29 is 13.2 Å². The average molecular weight is 356 g/mol. The van der Waals surface area contributed by atoms with Gasteiger partial charge in [0, 0.05) is 20.0 Å². The van der Waals surface area contributed by atoms with Crippen molar-refractivity contribution in [2.45, 2.75) is 24.8 Å². The fourth-order valence-electron chi connectivity index (χ4n) is 2.32. The Morgan fingerprint density at radius 2 is 1.68 bits per heavy atom. The number of hydrogen-bond acceptors (Lipinski definition) is 4. The smallest absolute Gasteiger partial charge is 0.223 e. The van der Waals surface area contributed by atoms with Crippen LogP contribution in [0.4, 0.5) is 0 Å². The lowest BCUT2D eigenvalue weighted by molar-refractivity contribution is -0.130. The Morgan fingerprint density at radius 1 is 1.08 bits per heavy atom. The van der Waals surface area contributed by atoms with Gasteiger partial charge in [0.05, 0.1) is 22.3 Å². The summed E-state index contributed by atoms with van der Waals surface area (Å²) < 4.78 is 24.6. The molecule has 0 N–H and O–H groups in total. The Hall–Kier alpha value is -2.65. The highest BCUT2D eigenvalue weighted by molar-refractivity contribution is 7.91. The number of rotatable bonds is 6. The molecule has 0 aromatic heterocycles. The summed E-state index contributed by atoms with van der Waals surface area (Å²) in [5, 5.41) is 8.78. The number of carbonyl (C=O) groups is 1. The molecular formula is C19H20N2O3S. The van der Waals surface area contributed by atoms with E-state index in [9.17, 15) is 13.2 Å². The van der Waals surface area contributed by atoms with Crippen LogP contribution in [0.3, 0.4) is 0 Å².